The number of ether oxygens (including phenoxy) is 2. The third-order valence-corrected chi connectivity index (χ3v) is 6.42. The van der Waals surface area contributed by atoms with Crippen molar-refractivity contribution in [2.75, 3.05) is 33.3 Å². The predicted molar refractivity (Wildman–Crippen MR) is 117 cm³/mol. The van der Waals surface area contributed by atoms with Crippen LogP contribution < -0.4 is 4.74 Å². The van der Waals surface area contributed by atoms with Crippen LogP contribution in [0.15, 0.2) is 24.3 Å². The fourth-order valence-corrected chi connectivity index (χ4v) is 4.42. The van der Waals surface area contributed by atoms with Gasteiger partial charge in [-0.1, -0.05) is 11.6 Å². The van der Waals surface area contributed by atoms with Crippen LogP contribution >= 0.6 is 11.6 Å². The minimum absolute atomic E-state index is 0.218. The largest absolute Gasteiger partial charge is 0.415 e. The summed E-state index contributed by atoms with van der Waals surface area (Å²) in [4.78, 5) is 16.7. The number of hydrogen-bond acceptors (Lipinski definition) is 4. The Morgan fingerprint density at radius 2 is 1.76 bits per heavy atom. The zero-order chi connectivity index (χ0) is 20.5. The highest BCUT2D eigenvalue weighted by atomic mass is 35.5. The molecule has 0 radical (unpaired) electrons. The molecule has 0 N–H and O–H groups in total. The van der Waals surface area contributed by atoms with E-state index in [1.807, 2.05) is 7.05 Å². The number of nitrogens with zero attached hydrogens (tertiary/aromatic N) is 2. The van der Waals surface area contributed by atoms with Crippen molar-refractivity contribution < 1.29 is 14.3 Å². The third kappa shape index (κ3) is 7.47. The van der Waals surface area contributed by atoms with Crippen molar-refractivity contribution >= 4 is 17.7 Å². The molecule has 0 aromatic heterocycles. The quantitative estimate of drug-likeness (QED) is 0.502. The number of amides is 1. The monoisotopic (exact) mass is 422 g/mol. The second-order valence-electron chi connectivity index (χ2n) is 8.34. The summed E-state index contributed by atoms with van der Waals surface area (Å²) < 4.78 is 11.5. The molecular formula is C23H35ClN2O3. The molecule has 1 saturated heterocycles. The van der Waals surface area contributed by atoms with Crippen molar-refractivity contribution in [1.82, 2.24) is 9.80 Å². The first-order valence-electron chi connectivity index (χ1n) is 11.2. The fraction of sp³-hybridized carbons (Fsp3) is 0.696. The van der Waals surface area contributed by atoms with Crippen molar-refractivity contribution in [2.45, 2.75) is 69.9 Å². The molecule has 1 amide bonds. The topological polar surface area (TPSA) is 42.0 Å². The van der Waals surface area contributed by atoms with E-state index in [1.54, 1.807) is 29.2 Å². The van der Waals surface area contributed by atoms with Crippen LogP contribution in [-0.2, 0) is 4.74 Å². The van der Waals surface area contributed by atoms with Gasteiger partial charge in [-0.05, 0) is 102 Å². The molecule has 1 aromatic rings. The Hall–Kier alpha value is -1.30. The minimum atomic E-state index is -0.310. The Morgan fingerprint density at radius 1 is 1.07 bits per heavy atom. The summed E-state index contributed by atoms with van der Waals surface area (Å²) in [6.07, 6.45) is 10.4. The van der Waals surface area contributed by atoms with Gasteiger partial charge in [0.05, 0.1) is 6.10 Å². The van der Waals surface area contributed by atoms with Crippen LogP contribution in [0.25, 0.3) is 0 Å². The number of halogens is 1. The molecule has 2 fully saturated rings. The van der Waals surface area contributed by atoms with Gasteiger partial charge in [-0.3, -0.25) is 0 Å². The lowest BCUT2D eigenvalue weighted by Crippen LogP contribution is -2.42. The summed E-state index contributed by atoms with van der Waals surface area (Å²) in [6.45, 7) is 4.70. The number of carbonyl (C=O) groups is 1. The van der Waals surface area contributed by atoms with E-state index in [-0.39, 0.29) is 12.1 Å². The number of likely N-dealkylation sites (tertiary alicyclic amines) is 1. The van der Waals surface area contributed by atoms with Crippen LogP contribution in [0.4, 0.5) is 4.79 Å². The normalized spacial score (nSPS) is 22.6. The Balaban J connectivity index is 1.26. The van der Waals surface area contributed by atoms with Crippen LogP contribution in [0.5, 0.6) is 5.75 Å². The molecule has 0 unspecified atom stereocenters. The summed E-state index contributed by atoms with van der Waals surface area (Å²) in [5.74, 6) is 0.521. The maximum atomic E-state index is 12.4. The third-order valence-electron chi connectivity index (χ3n) is 6.17. The average molecular weight is 423 g/mol. The molecule has 162 valence electrons. The summed E-state index contributed by atoms with van der Waals surface area (Å²) in [5, 5.41) is 0.628. The molecule has 1 aromatic carbocycles. The van der Waals surface area contributed by atoms with Crippen molar-refractivity contribution in [3.05, 3.63) is 29.3 Å². The van der Waals surface area contributed by atoms with Crippen LogP contribution in [0, 0.1) is 0 Å². The van der Waals surface area contributed by atoms with E-state index >= 15 is 0 Å². The predicted octanol–water partition coefficient (Wildman–Crippen LogP) is 5.36. The van der Waals surface area contributed by atoms with E-state index in [0.29, 0.717) is 16.9 Å². The number of hydrogen-bond donors (Lipinski definition) is 0. The van der Waals surface area contributed by atoms with Gasteiger partial charge in [-0.25, -0.2) is 4.79 Å². The maximum absolute atomic E-state index is 12.4. The molecule has 1 aliphatic carbocycles. The van der Waals surface area contributed by atoms with Gasteiger partial charge in [0.2, 0.25) is 0 Å². The van der Waals surface area contributed by atoms with Gasteiger partial charge in [0.1, 0.15) is 5.75 Å². The standard InChI is InChI=1S/C23H35ClN2O3/c1-25(23(27)29-22-11-7-19(24)8-12-22)20-9-13-21(14-10-20)28-18-6-2-3-15-26-16-4-5-17-26/h7-8,11-12,20-21H,2-6,9-10,13-18H2,1H3. The smallest absolute Gasteiger partial charge is 0.410 e. The molecule has 2 aliphatic rings. The first-order chi connectivity index (χ1) is 14.1. The van der Waals surface area contributed by atoms with Gasteiger partial charge in [0.25, 0.3) is 0 Å². The molecule has 0 spiro atoms. The lowest BCUT2D eigenvalue weighted by atomic mass is 9.92. The highest BCUT2D eigenvalue weighted by Crippen LogP contribution is 2.26. The minimum Gasteiger partial charge on any atom is -0.410 e. The lowest BCUT2D eigenvalue weighted by Gasteiger charge is -2.34. The highest BCUT2D eigenvalue weighted by Gasteiger charge is 2.27. The average Bonchev–Trinajstić information content (AvgIpc) is 3.25. The highest BCUT2D eigenvalue weighted by molar-refractivity contribution is 6.30. The Bertz CT molecular complexity index is 611. The maximum Gasteiger partial charge on any atom is 0.415 e. The summed E-state index contributed by atoms with van der Waals surface area (Å²) in [5.41, 5.74) is 0. The zero-order valence-corrected chi connectivity index (χ0v) is 18.4. The summed E-state index contributed by atoms with van der Waals surface area (Å²) >= 11 is 5.87. The van der Waals surface area contributed by atoms with Crippen LogP contribution in [0.2, 0.25) is 5.02 Å². The van der Waals surface area contributed by atoms with Crippen molar-refractivity contribution in [2.24, 2.45) is 0 Å². The van der Waals surface area contributed by atoms with Crippen LogP contribution in [0.1, 0.15) is 57.8 Å². The van der Waals surface area contributed by atoms with Crippen molar-refractivity contribution in [1.29, 1.82) is 0 Å². The van der Waals surface area contributed by atoms with E-state index in [2.05, 4.69) is 4.90 Å². The fourth-order valence-electron chi connectivity index (χ4n) is 4.29. The van der Waals surface area contributed by atoms with Gasteiger partial charge in [0, 0.05) is 24.7 Å². The lowest BCUT2D eigenvalue weighted by molar-refractivity contribution is 0.0104. The molecule has 1 saturated carbocycles. The van der Waals surface area contributed by atoms with Gasteiger partial charge in [-0.15, -0.1) is 0 Å². The number of benzene rings is 1. The molecule has 0 atom stereocenters. The van der Waals surface area contributed by atoms with Crippen LogP contribution in [0.3, 0.4) is 0 Å². The molecule has 1 aliphatic heterocycles. The van der Waals surface area contributed by atoms with Crippen LogP contribution in [-0.4, -0.2) is 61.3 Å². The number of unbranched alkanes of at least 4 members (excludes halogenated alkanes) is 2. The second-order valence-corrected chi connectivity index (χ2v) is 8.78. The number of carbonyl (C=O) groups excluding carboxylic acids is 1. The van der Waals surface area contributed by atoms with E-state index in [4.69, 9.17) is 21.1 Å². The van der Waals surface area contributed by atoms with Gasteiger partial charge in [-0.2, -0.15) is 0 Å². The Labute approximate surface area is 180 Å². The van der Waals surface area contributed by atoms with Gasteiger partial charge in [0.15, 0.2) is 0 Å². The molecule has 3 rings (SSSR count). The van der Waals surface area contributed by atoms with E-state index < -0.39 is 0 Å². The van der Waals surface area contributed by atoms with E-state index in [1.165, 1.54) is 45.3 Å². The Morgan fingerprint density at radius 3 is 2.45 bits per heavy atom. The molecule has 29 heavy (non-hydrogen) atoms. The van der Waals surface area contributed by atoms with Crippen molar-refractivity contribution in [3.63, 3.8) is 0 Å². The van der Waals surface area contributed by atoms with Crippen molar-refractivity contribution in [3.8, 4) is 5.75 Å². The SMILES string of the molecule is CN(C(=O)Oc1ccc(Cl)cc1)C1CCC(OCCCCCN2CCCC2)CC1. The first-order valence-corrected chi connectivity index (χ1v) is 11.5. The second kappa shape index (κ2) is 11.8. The molecule has 1 heterocycles. The Kier molecular flexibility index (Phi) is 9.09. The number of rotatable bonds is 9. The molecule has 6 heteroatoms. The summed E-state index contributed by atoms with van der Waals surface area (Å²) in [6, 6.07) is 7.08. The molecule has 5 nitrogen and oxygen atoms in total. The molecular weight excluding hydrogens is 388 g/mol. The van der Waals surface area contributed by atoms with Gasteiger partial charge < -0.3 is 19.3 Å². The van der Waals surface area contributed by atoms with E-state index in [9.17, 15) is 4.79 Å². The molecule has 0 bridgehead atoms. The summed E-state index contributed by atoms with van der Waals surface area (Å²) in [7, 11) is 1.82. The first kappa shape index (κ1) is 22.4. The zero-order valence-electron chi connectivity index (χ0n) is 17.7. The van der Waals surface area contributed by atoms with E-state index in [0.717, 1.165) is 38.7 Å². The van der Waals surface area contributed by atoms with Gasteiger partial charge >= 0.3 is 6.09 Å².